The summed E-state index contributed by atoms with van der Waals surface area (Å²) < 4.78 is 5.42. The number of hydroxylamine groups is 1. The van der Waals surface area contributed by atoms with Crippen LogP contribution in [0.2, 0.25) is 0 Å². The zero-order chi connectivity index (χ0) is 12.3. The third kappa shape index (κ3) is 3.48. The number of benzene rings is 1. The largest absolute Gasteiger partial charge is 0.494 e. The predicted molar refractivity (Wildman–Crippen MR) is 75.0 cm³/mol. The summed E-state index contributed by atoms with van der Waals surface area (Å²) in [5.41, 5.74) is 5.37. The Morgan fingerprint density at radius 2 is 1.94 bits per heavy atom. The van der Waals surface area contributed by atoms with E-state index in [1.165, 1.54) is 5.57 Å². The van der Waals surface area contributed by atoms with Crippen LogP contribution in [0.3, 0.4) is 0 Å². The third-order valence-corrected chi connectivity index (χ3v) is 2.79. The fourth-order valence-corrected chi connectivity index (χ4v) is 2.02. The lowest BCUT2D eigenvalue weighted by molar-refractivity contribution is -0.0275. The average molecular weight is 270 g/mol. The first kappa shape index (κ1) is 15.0. The van der Waals surface area contributed by atoms with Crippen LogP contribution in [-0.4, -0.2) is 12.6 Å². The van der Waals surface area contributed by atoms with Crippen molar-refractivity contribution in [2.75, 3.05) is 6.61 Å². The highest BCUT2D eigenvalue weighted by atomic mass is 35.5. The maximum absolute atomic E-state index is 5.63. The molecule has 2 rings (SSSR count). The van der Waals surface area contributed by atoms with Gasteiger partial charge in [-0.05, 0) is 44.0 Å². The molecular formula is C14H20ClNO2. The molecule has 1 heterocycles. The van der Waals surface area contributed by atoms with E-state index < -0.39 is 0 Å². The Labute approximate surface area is 115 Å². The molecule has 0 saturated heterocycles. The second-order valence-corrected chi connectivity index (χ2v) is 4.32. The Bertz CT molecular complexity index is 403. The van der Waals surface area contributed by atoms with Gasteiger partial charge in [0.25, 0.3) is 0 Å². The summed E-state index contributed by atoms with van der Waals surface area (Å²) in [7, 11) is 0. The average Bonchev–Trinajstić information content (AvgIpc) is 2.31. The topological polar surface area (TPSA) is 30.5 Å². The minimum atomic E-state index is 0. The molecule has 18 heavy (non-hydrogen) atoms. The molecule has 0 radical (unpaired) electrons. The summed E-state index contributed by atoms with van der Waals surface area (Å²) in [6.45, 7) is 6.84. The zero-order valence-electron chi connectivity index (χ0n) is 11.0. The first-order chi connectivity index (χ1) is 8.20. The minimum absolute atomic E-state index is 0. The highest BCUT2D eigenvalue weighted by Crippen LogP contribution is 2.29. The monoisotopic (exact) mass is 269 g/mol. The Balaban J connectivity index is 0.00000162. The molecule has 4 heteroatoms. The minimum Gasteiger partial charge on any atom is -0.494 e. The van der Waals surface area contributed by atoms with Crippen molar-refractivity contribution in [1.29, 1.82) is 0 Å². The van der Waals surface area contributed by atoms with Crippen LogP contribution in [0.1, 0.15) is 32.4 Å². The van der Waals surface area contributed by atoms with Crippen LogP contribution < -0.4 is 10.2 Å². The normalized spacial score (nSPS) is 22.9. The van der Waals surface area contributed by atoms with Crippen molar-refractivity contribution < 1.29 is 9.57 Å². The van der Waals surface area contributed by atoms with Gasteiger partial charge >= 0.3 is 0 Å². The van der Waals surface area contributed by atoms with E-state index in [1.54, 1.807) is 0 Å². The second kappa shape index (κ2) is 6.78. The first-order valence-corrected chi connectivity index (χ1v) is 6.03. The second-order valence-electron chi connectivity index (χ2n) is 4.32. The molecule has 100 valence electrons. The molecule has 1 aliphatic heterocycles. The van der Waals surface area contributed by atoms with E-state index in [2.05, 4.69) is 25.4 Å². The van der Waals surface area contributed by atoms with Gasteiger partial charge in [-0.15, -0.1) is 12.4 Å². The van der Waals surface area contributed by atoms with E-state index in [0.717, 1.165) is 11.3 Å². The Hall–Kier alpha value is -1.03. The highest BCUT2D eigenvalue weighted by molar-refractivity contribution is 5.85. The number of hydrogen-bond acceptors (Lipinski definition) is 3. The van der Waals surface area contributed by atoms with Crippen molar-refractivity contribution in [3.63, 3.8) is 0 Å². The first-order valence-electron chi connectivity index (χ1n) is 6.03. The van der Waals surface area contributed by atoms with Crippen LogP contribution in [0.4, 0.5) is 0 Å². The summed E-state index contributed by atoms with van der Waals surface area (Å²) >= 11 is 0. The summed E-state index contributed by atoms with van der Waals surface area (Å²) in [5, 5.41) is 0. The molecule has 0 bridgehead atoms. The summed E-state index contributed by atoms with van der Waals surface area (Å²) in [5.74, 6) is 0.898. The van der Waals surface area contributed by atoms with Crippen LogP contribution >= 0.6 is 12.4 Å². The Morgan fingerprint density at radius 3 is 2.50 bits per heavy atom. The number of nitrogens with one attached hydrogen (secondary N) is 1. The lowest BCUT2D eigenvalue weighted by Crippen LogP contribution is -2.31. The fraction of sp³-hybridized carbons (Fsp3) is 0.429. The van der Waals surface area contributed by atoms with Gasteiger partial charge in [-0.3, -0.25) is 4.84 Å². The fourth-order valence-electron chi connectivity index (χ4n) is 2.02. The molecule has 1 N–H and O–H groups in total. The van der Waals surface area contributed by atoms with Crippen molar-refractivity contribution in [3.05, 3.63) is 41.5 Å². The smallest absolute Gasteiger partial charge is 0.125 e. The van der Waals surface area contributed by atoms with Crippen molar-refractivity contribution in [3.8, 4) is 5.75 Å². The molecule has 2 unspecified atom stereocenters. The highest BCUT2D eigenvalue weighted by Gasteiger charge is 2.20. The van der Waals surface area contributed by atoms with E-state index in [1.807, 2.05) is 31.2 Å². The van der Waals surface area contributed by atoms with Gasteiger partial charge < -0.3 is 4.74 Å². The van der Waals surface area contributed by atoms with E-state index >= 15 is 0 Å². The lowest BCUT2D eigenvalue weighted by Gasteiger charge is -2.26. The number of halogens is 1. The van der Waals surface area contributed by atoms with Gasteiger partial charge in [-0.1, -0.05) is 18.2 Å². The summed E-state index contributed by atoms with van der Waals surface area (Å²) in [4.78, 5) is 5.63. The predicted octanol–water partition coefficient (Wildman–Crippen LogP) is 3.42. The van der Waals surface area contributed by atoms with Gasteiger partial charge in [0.2, 0.25) is 0 Å². The number of hydrogen-bond donors (Lipinski definition) is 1. The molecule has 0 amide bonds. The SMILES string of the molecule is CCOc1ccc(C2ONC(C)C=C2C)cc1.Cl. The Kier molecular flexibility index (Phi) is 5.66. The van der Waals surface area contributed by atoms with Crippen LogP contribution in [0.25, 0.3) is 0 Å². The number of rotatable bonds is 3. The van der Waals surface area contributed by atoms with Crippen molar-refractivity contribution >= 4 is 12.4 Å². The lowest BCUT2D eigenvalue weighted by atomic mass is 10.00. The molecule has 0 fully saturated rings. The molecule has 2 atom stereocenters. The zero-order valence-corrected chi connectivity index (χ0v) is 11.8. The van der Waals surface area contributed by atoms with Gasteiger partial charge in [-0.25, -0.2) is 0 Å². The van der Waals surface area contributed by atoms with Gasteiger partial charge in [0, 0.05) is 6.04 Å². The standard InChI is InChI=1S/C14H19NO2.ClH/c1-4-16-13-7-5-12(6-8-13)14-10(2)9-11(3)15-17-14;/h5-9,11,14-15H,4H2,1-3H3;1H. The molecule has 3 nitrogen and oxygen atoms in total. The van der Waals surface area contributed by atoms with Crippen LogP contribution in [0.15, 0.2) is 35.9 Å². The van der Waals surface area contributed by atoms with E-state index in [9.17, 15) is 0 Å². The molecule has 1 aliphatic rings. The summed E-state index contributed by atoms with van der Waals surface area (Å²) in [6.07, 6.45) is 2.19. The summed E-state index contributed by atoms with van der Waals surface area (Å²) in [6, 6.07) is 8.32. The van der Waals surface area contributed by atoms with Crippen LogP contribution in [-0.2, 0) is 4.84 Å². The van der Waals surface area contributed by atoms with E-state index in [4.69, 9.17) is 9.57 Å². The molecule has 0 saturated carbocycles. The number of ether oxygens (including phenoxy) is 1. The Morgan fingerprint density at radius 1 is 1.28 bits per heavy atom. The molecule has 0 aliphatic carbocycles. The van der Waals surface area contributed by atoms with Crippen LogP contribution in [0.5, 0.6) is 5.75 Å². The van der Waals surface area contributed by atoms with Gasteiger partial charge in [0.05, 0.1) is 6.61 Å². The maximum atomic E-state index is 5.63. The van der Waals surface area contributed by atoms with Crippen molar-refractivity contribution in [1.82, 2.24) is 5.48 Å². The van der Waals surface area contributed by atoms with Gasteiger partial charge in [-0.2, -0.15) is 5.48 Å². The van der Waals surface area contributed by atoms with Gasteiger partial charge in [0.1, 0.15) is 11.9 Å². The molecule has 1 aromatic rings. The van der Waals surface area contributed by atoms with Crippen LogP contribution in [0, 0.1) is 0 Å². The molecular weight excluding hydrogens is 250 g/mol. The third-order valence-electron chi connectivity index (χ3n) is 2.79. The van der Waals surface area contributed by atoms with E-state index in [0.29, 0.717) is 6.61 Å². The van der Waals surface area contributed by atoms with Crippen molar-refractivity contribution in [2.45, 2.75) is 32.9 Å². The van der Waals surface area contributed by atoms with E-state index in [-0.39, 0.29) is 24.6 Å². The molecule has 0 aromatic heterocycles. The van der Waals surface area contributed by atoms with Gasteiger partial charge in [0.15, 0.2) is 0 Å². The van der Waals surface area contributed by atoms with Crippen molar-refractivity contribution in [2.24, 2.45) is 0 Å². The molecule has 1 aromatic carbocycles. The molecule has 0 spiro atoms. The maximum Gasteiger partial charge on any atom is 0.125 e. The quantitative estimate of drug-likeness (QED) is 0.853.